The summed E-state index contributed by atoms with van der Waals surface area (Å²) >= 11 is 1.41. The lowest BCUT2D eigenvalue weighted by atomic mass is 10.1. The number of halogens is 1. The lowest BCUT2D eigenvalue weighted by molar-refractivity contribution is 0.158. The predicted octanol–water partition coefficient (Wildman–Crippen LogP) is 5.21. The van der Waals surface area contributed by atoms with Crippen molar-refractivity contribution in [3.63, 3.8) is 0 Å². The molecule has 10 heteroatoms. The zero-order valence-electron chi connectivity index (χ0n) is 19.4. The van der Waals surface area contributed by atoms with Crippen molar-refractivity contribution in [1.82, 2.24) is 4.98 Å². The lowest BCUT2D eigenvalue weighted by Crippen LogP contribution is -2.35. The first-order chi connectivity index (χ1) is 15.5. The molecule has 0 spiro atoms. The van der Waals surface area contributed by atoms with Gasteiger partial charge in [0.1, 0.15) is 16.5 Å². The van der Waals surface area contributed by atoms with Gasteiger partial charge in [0.05, 0.1) is 35.5 Å². The SMILES string of the molecule is COCC(C)(C)Nc1nc(C)c(-c2ccc(OC)c(S(=O)(=O)Nc3c(C)cccc3F)c2)s1. The lowest BCUT2D eigenvalue weighted by Gasteiger charge is -2.24. The number of rotatable bonds is 9. The van der Waals surface area contributed by atoms with E-state index in [1.165, 1.54) is 36.6 Å². The number of ether oxygens (including phenoxy) is 2. The second kappa shape index (κ2) is 9.66. The van der Waals surface area contributed by atoms with Crippen LogP contribution in [0.3, 0.4) is 0 Å². The molecule has 178 valence electrons. The predicted molar refractivity (Wildman–Crippen MR) is 130 cm³/mol. The summed E-state index contributed by atoms with van der Waals surface area (Å²) in [4.78, 5) is 5.31. The molecule has 0 saturated heterocycles. The number of hydrogen-bond donors (Lipinski definition) is 2. The summed E-state index contributed by atoms with van der Waals surface area (Å²) in [6.07, 6.45) is 0. The van der Waals surface area contributed by atoms with Crippen molar-refractivity contribution >= 4 is 32.2 Å². The third-order valence-electron chi connectivity index (χ3n) is 4.92. The summed E-state index contributed by atoms with van der Waals surface area (Å²) in [6.45, 7) is 7.99. The highest BCUT2D eigenvalue weighted by Crippen LogP contribution is 2.38. The van der Waals surface area contributed by atoms with Crippen LogP contribution in [0, 0.1) is 19.7 Å². The molecule has 1 heterocycles. The van der Waals surface area contributed by atoms with Gasteiger partial charge in [0.2, 0.25) is 0 Å². The summed E-state index contributed by atoms with van der Waals surface area (Å²) in [7, 11) is -1.11. The molecule has 7 nitrogen and oxygen atoms in total. The van der Waals surface area contributed by atoms with Gasteiger partial charge in [-0.05, 0) is 63.1 Å². The Kier molecular flexibility index (Phi) is 7.30. The van der Waals surface area contributed by atoms with Crippen LogP contribution < -0.4 is 14.8 Å². The van der Waals surface area contributed by atoms with Gasteiger partial charge in [-0.15, -0.1) is 0 Å². The van der Waals surface area contributed by atoms with Crippen LogP contribution in [0.25, 0.3) is 10.4 Å². The van der Waals surface area contributed by atoms with E-state index in [1.54, 1.807) is 32.2 Å². The van der Waals surface area contributed by atoms with Gasteiger partial charge >= 0.3 is 0 Å². The van der Waals surface area contributed by atoms with Crippen molar-refractivity contribution in [3.05, 3.63) is 53.5 Å². The van der Waals surface area contributed by atoms with Crippen LogP contribution >= 0.6 is 11.3 Å². The van der Waals surface area contributed by atoms with Gasteiger partial charge in [-0.2, -0.15) is 0 Å². The molecule has 0 aliphatic carbocycles. The fraction of sp³-hybridized carbons (Fsp3) is 0.348. The van der Waals surface area contributed by atoms with Gasteiger partial charge in [0.25, 0.3) is 10.0 Å². The zero-order chi connectivity index (χ0) is 24.4. The largest absolute Gasteiger partial charge is 0.495 e. The first-order valence-corrected chi connectivity index (χ1v) is 12.5. The molecule has 0 amide bonds. The molecular formula is C23H28FN3O4S2. The Labute approximate surface area is 198 Å². The van der Waals surface area contributed by atoms with E-state index in [4.69, 9.17) is 9.47 Å². The molecule has 33 heavy (non-hydrogen) atoms. The van der Waals surface area contributed by atoms with Crippen LogP contribution in [0.2, 0.25) is 0 Å². The number of aryl methyl sites for hydroxylation is 2. The van der Waals surface area contributed by atoms with E-state index in [0.717, 1.165) is 10.6 Å². The summed E-state index contributed by atoms with van der Waals surface area (Å²) < 4.78 is 53.6. The maximum atomic E-state index is 14.3. The Morgan fingerprint density at radius 3 is 2.52 bits per heavy atom. The average Bonchev–Trinajstić information content (AvgIpc) is 3.09. The van der Waals surface area contributed by atoms with E-state index in [9.17, 15) is 12.8 Å². The van der Waals surface area contributed by atoms with E-state index in [0.29, 0.717) is 22.9 Å². The molecule has 3 rings (SSSR count). The van der Waals surface area contributed by atoms with Crippen molar-refractivity contribution in [2.75, 3.05) is 30.9 Å². The number of methoxy groups -OCH3 is 2. The molecule has 0 saturated carbocycles. The number of para-hydroxylation sites is 1. The van der Waals surface area contributed by atoms with Crippen LogP contribution in [0.15, 0.2) is 41.3 Å². The van der Waals surface area contributed by atoms with E-state index >= 15 is 0 Å². The number of hydrogen-bond acceptors (Lipinski definition) is 7. The van der Waals surface area contributed by atoms with Crippen molar-refractivity contribution in [1.29, 1.82) is 0 Å². The molecule has 1 aromatic heterocycles. The Morgan fingerprint density at radius 1 is 1.15 bits per heavy atom. The van der Waals surface area contributed by atoms with Crippen molar-refractivity contribution in [2.45, 2.75) is 38.1 Å². The van der Waals surface area contributed by atoms with E-state index in [2.05, 4.69) is 15.0 Å². The van der Waals surface area contributed by atoms with Crippen molar-refractivity contribution < 1.29 is 22.3 Å². The minimum absolute atomic E-state index is 0.0906. The third-order valence-corrected chi connectivity index (χ3v) is 7.41. The number of aromatic nitrogens is 1. The Morgan fingerprint density at radius 2 is 1.88 bits per heavy atom. The van der Waals surface area contributed by atoms with E-state index in [-0.39, 0.29) is 21.9 Å². The summed E-state index contributed by atoms with van der Waals surface area (Å²) in [5, 5.41) is 4.05. The minimum atomic E-state index is -4.14. The van der Waals surface area contributed by atoms with Gasteiger partial charge < -0.3 is 14.8 Å². The molecule has 0 unspecified atom stereocenters. The van der Waals surface area contributed by atoms with E-state index in [1.807, 2.05) is 20.8 Å². The maximum absolute atomic E-state index is 14.3. The van der Waals surface area contributed by atoms with Crippen molar-refractivity contribution in [3.8, 4) is 16.2 Å². The smallest absolute Gasteiger partial charge is 0.265 e. The standard InChI is InChI=1S/C23H28FN3O4S2/c1-14-8-7-9-17(24)20(14)27-33(28,29)19-12-16(10-11-18(19)31-6)21-15(2)25-22(32-21)26-23(3,4)13-30-5/h7-12,27H,13H2,1-6H3,(H,25,26). The van der Waals surface area contributed by atoms with Gasteiger partial charge in [0, 0.05) is 7.11 Å². The molecule has 0 aliphatic heterocycles. The van der Waals surface area contributed by atoms with Crippen LogP contribution in [0.5, 0.6) is 5.75 Å². The molecular weight excluding hydrogens is 465 g/mol. The normalized spacial score (nSPS) is 12.0. The number of anilines is 2. The minimum Gasteiger partial charge on any atom is -0.495 e. The average molecular weight is 494 g/mol. The summed E-state index contributed by atoms with van der Waals surface area (Å²) in [5.41, 5.74) is 1.47. The highest BCUT2D eigenvalue weighted by atomic mass is 32.2. The van der Waals surface area contributed by atoms with E-state index < -0.39 is 15.8 Å². The fourth-order valence-electron chi connectivity index (χ4n) is 3.38. The molecule has 2 N–H and O–H groups in total. The summed E-state index contributed by atoms with van der Waals surface area (Å²) in [6, 6.07) is 9.24. The first kappa shape index (κ1) is 24.9. The number of nitrogens with one attached hydrogen (secondary N) is 2. The first-order valence-electron chi connectivity index (χ1n) is 10.2. The Balaban J connectivity index is 2.01. The molecule has 0 aliphatic rings. The number of nitrogens with zero attached hydrogens (tertiary/aromatic N) is 1. The van der Waals surface area contributed by atoms with Crippen LogP contribution in [-0.4, -0.2) is 39.8 Å². The highest BCUT2D eigenvalue weighted by molar-refractivity contribution is 7.92. The fourth-order valence-corrected chi connectivity index (χ4v) is 5.86. The second-order valence-corrected chi connectivity index (χ2v) is 10.9. The van der Waals surface area contributed by atoms with Crippen LogP contribution in [0.1, 0.15) is 25.1 Å². The molecule has 0 bridgehead atoms. The number of thiazole rings is 1. The molecule has 0 fully saturated rings. The summed E-state index contributed by atoms with van der Waals surface area (Å²) in [5.74, 6) is -0.497. The maximum Gasteiger partial charge on any atom is 0.265 e. The molecule has 0 radical (unpaired) electrons. The van der Waals surface area contributed by atoms with Gasteiger partial charge in [0.15, 0.2) is 5.13 Å². The Bertz CT molecular complexity index is 1240. The molecule has 2 aromatic carbocycles. The third kappa shape index (κ3) is 5.63. The quantitative estimate of drug-likeness (QED) is 0.425. The second-order valence-electron chi connectivity index (χ2n) is 8.28. The van der Waals surface area contributed by atoms with Gasteiger partial charge in [-0.25, -0.2) is 17.8 Å². The van der Waals surface area contributed by atoms with Crippen LogP contribution in [-0.2, 0) is 14.8 Å². The number of sulfonamides is 1. The van der Waals surface area contributed by atoms with Crippen LogP contribution in [0.4, 0.5) is 15.2 Å². The zero-order valence-corrected chi connectivity index (χ0v) is 21.1. The van der Waals surface area contributed by atoms with Gasteiger partial charge in [-0.1, -0.05) is 23.5 Å². The topological polar surface area (TPSA) is 89.5 Å². The number of benzene rings is 2. The van der Waals surface area contributed by atoms with Crippen molar-refractivity contribution in [2.24, 2.45) is 0 Å². The molecule has 0 atom stereocenters. The molecule has 3 aromatic rings. The monoisotopic (exact) mass is 493 g/mol. The van der Waals surface area contributed by atoms with Gasteiger partial charge in [-0.3, -0.25) is 4.72 Å². The Hall–Kier alpha value is -2.69. The highest BCUT2D eigenvalue weighted by Gasteiger charge is 2.25.